The van der Waals surface area contributed by atoms with Gasteiger partial charge in [-0.2, -0.15) is 0 Å². The summed E-state index contributed by atoms with van der Waals surface area (Å²) in [6.45, 7) is 6.96. The minimum Gasteiger partial charge on any atom is -0.0654 e. The highest BCUT2D eigenvalue weighted by Gasteiger charge is 2.25. The fourth-order valence-corrected chi connectivity index (χ4v) is 4.07. The summed E-state index contributed by atoms with van der Waals surface area (Å²) in [5.41, 5.74) is 2.90. The van der Waals surface area contributed by atoms with E-state index in [1.165, 1.54) is 68.9 Å². The summed E-state index contributed by atoms with van der Waals surface area (Å²) in [7, 11) is 0. The molecule has 0 heterocycles. The molecule has 1 aliphatic rings. The van der Waals surface area contributed by atoms with E-state index in [9.17, 15) is 0 Å². The van der Waals surface area contributed by atoms with Crippen LogP contribution in [0.25, 0.3) is 0 Å². The number of benzene rings is 1. The Balaban J connectivity index is 1.78. The van der Waals surface area contributed by atoms with Crippen LogP contribution in [0.1, 0.15) is 76.3 Å². The molecule has 0 radical (unpaired) electrons. The highest BCUT2D eigenvalue weighted by molar-refractivity contribution is 5.21. The fourth-order valence-electron chi connectivity index (χ4n) is 4.07. The summed E-state index contributed by atoms with van der Waals surface area (Å²) in [6, 6.07) is 9.13. The molecule has 0 aromatic heterocycles. The van der Waals surface area contributed by atoms with Gasteiger partial charge in [-0.05, 0) is 62.3 Å². The molecular formula is C21H34. The minimum atomic E-state index is 0.982. The van der Waals surface area contributed by atoms with Gasteiger partial charge in [0.2, 0.25) is 0 Å². The normalized spacial score (nSPS) is 24.0. The Morgan fingerprint density at radius 1 is 1.00 bits per heavy atom. The minimum absolute atomic E-state index is 0.982. The van der Waals surface area contributed by atoms with Gasteiger partial charge in [0, 0.05) is 0 Å². The van der Waals surface area contributed by atoms with Crippen LogP contribution in [0.5, 0.6) is 0 Å². The average Bonchev–Trinajstić information content (AvgIpc) is 2.49. The van der Waals surface area contributed by atoms with Crippen molar-refractivity contribution < 1.29 is 0 Å². The molecule has 0 spiro atoms. The molecular weight excluding hydrogens is 252 g/mol. The summed E-state index contributed by atoms with van der Waals surface area (Å²) in [4.78, 5) is 0. The van der Waals surface area contributed by atoms with Crippen LogP contribution >= 0.6 is 0 Å². The van der Waals surface area contributed by atoms with Crippen molar-refractivity contribution in [2.75, 3.05) is 0 Å². The van der Waals surface area contributed by atoms with Crippen molar-refractivity contribution in [3.05, 3.63) is 35.4 Å². The molecule has 0 N–H and O–H groups in total. The maximum absolute atomic E-state index is 2.43. The quantitative estimate of drug-likeness (QED) is 0.532. The van der Waals surface area contributed by atoms with Gasteiger partial charge in [0.25, 0.3) is 0 Å². The van der Waals surface area contributed by atoms with Gasteiger partial charge in [-0.1, -0.05) is 69.4 Å². The summed E-state index contributed by atoms with van der Waals surface area (Å²) in [5.74, 6) is 3.00. The zero-order chi connectivity index (χ0) is 15.1. The molecule has 118 valence electrons. The van der Waals surface area contributed by atoms with E-state index in [4.69, 9.17) is 0 Å². The van der Waals surface area contributed by atoms with Gasteiger partial charge in [-0.25, -0.2) is 0 Å². The summed E-state index contributed by atoms with van der Waals surface area (Å²) < 4.78 is 0. The molecule has 1 fully saturated rings. The van der Waals surface area contributed by atoms with Crippen molar-refractivity contribution >= 4 is 0 Å². The van der Waals surface area contributed by atoms with Gasteiger partial charge >= 0.3 is 0 Å². The van der Waals surface area contributed by atoms with Crippen LogP contribution < -0.4 is 0 Å². The van der Waals surface area contributed by atoms with E-state index in [2.05, 4.69) is 45.0 Å². The lowest BCUT2D eigenvalue weighted by molar-refractivity contribution is 0.191. The van der Waals surface area contributed by atoms with Gasteiger partial charge in [0.1, 0.15) is 0 Å². The predicted molar refractivity (Wildman–Crippen MR) is 93.6 cm³/mol. The van der Waals surface area contributed by atoms with Gasteiger partial charge < -0.3 is 0 Å². The molecule has 0 saturated heterocycles. The monoisotopic (exact) mass is 286 g/mol. The predicted octanol–water partition coefficient (Wildman–Crippen LogP) is 6.56. The number of hydrogen-bond acceptors (Lipinski definition) is 0. The first-order valence-electron chi connectivity index (χ1n) is 9.24. The molecule has 0 amide bonds. The van der Waals surface area contributed by atoms with Gasteiger partial charge in [0.15, 0.2) is 0 Å². The smallest absolute Gasteiger partial charge is 0.0279 e. The Bertz CT molecular complexity index is 381. The largest absolute Gasteiger partial charge is 0.0654 e. The zero-order valence-corrected chi connectivity index (χ0v) is 14.4. The molecule has 1 atom stereocenters. The molecule has 1 unspecified atom stereocenters. The van der Waals surface area contributed by atoms with Crippen molar-refractivity contribution in [3.63, 3.8) is 0 Å². The van der Waals surface area contributed by atoms with E-state index in [0.717, 1.165) is 17.8 Å². The third kappa shape index (κ3) is 5.49. The Morgan fingerprint density at radius 2 is 1.67 bits per heavy atom. The van der Waals surface area contributed by atoms with E-state index in [1.54, 1.807) is 0 Å². The Labute approximate surface area is 132 Å². The van der Waals surface area contributed by atoms with E-state index in [-0.39, 0.29) is 0 Å². The molecule has 1 saturated carbocycles. The summed E-state index contributed by atoms with van der Waals surface area (Å²) in [5, 5.41) is 0. The van der Waals surface area contributed by atoms with Crippen LogP contribution in [-0.2, 0) is 6.42 Å². The second-order valence-electron chi connectivity index (χ2n) is 7.45. The van der Waals surface area contributed by atoms with Crippen LogP contribution in [0.4, 0.5) is 0 Å². The van der Waals surface area contributed by atoms with Crippen molar-refractivity contribution in [1.82, 2.24) is 0 Å². The maximum atomic E-state index is 2.43. The van der Waals surface area contributed by atoms with E-state index in [0.29, 0.717) is 0 Å². The zero-order valence-electron chi connectivity index (χ0n) is 14.4. The average molecular weight is 287 g/mol. The first kappa shape index (κ1) is 16.6. The van der Waals surface area contributed by atoms with Gasteiger partial charge in [0.05, 0.1) is 0 Å². The summed E-state index contributed by atoms with van der Waals surface area (Å²) >= 11 is 0. The molecule has 21 heavy (non-hydrogen) atoms. The van der Waals surface area contributed by atoms with Crippen LogP contribution in [0.3, 0.4) is 0 Å². The molecule has 1 aliphatic carbocycles. The Hall–Kier alpha value is -0.780. The highest BCUT2D eigenvalue weighted by atomic mass is 14.3. The topological polar surface area (TPSA) is 0 Å². The first-order chi connectivity index (χ1) is 10.2. The van der Waals surface area contributed by atoms with Gasteiger partial charge in [-0.3, -0.25) is 0 Å². The van der Waals surface area contributed by atoms with Gasteiger partial charge in [-0.15, -0.1) is 0 Å². The SMILES string of the molecule is CCCC(CCCc1ccc(C)cc1)C1CCC(C)CC1. The molecule has 0 nitrogen and oxygen atoms in total. The first-order valence-corrected chi connectivity index (χ1v) is 9.24. The second-order valence-corrected chi connectivity index (χ2v) is 7.45. The standard InChI is InChI=1S/C21H34/c1-4-6-20(21-15-11-18(3)12-16-21)8-5-7-19-13-9-17(2)10-14-19/h9-10,13-14,18,20-21H,4-8,11-12,15-16H2,1-3H3. The Morgan fingerprint density at radius 3 is 2.29 bits per heavy atom. The lowest BCUT2D eigenvalue weighted by atomic mass is 9.73. The third-order valence-electron chi connectivity index (χ3n) is 5.55. The number of aryl methyl sites for hydroxylation is 2. The molecule has 0 bridgehead atoms. The highest BCUT2D eigenvalue weighted by Crippen LogP contribution is 2.37. The number of hydrogen-bond donors (Lipinski definition) is 0. The van der Waals surface area contributed by atoms with Crippen molar-refractivity contribution in [3.8, 4) is 0 Å². The van der Waals surface area contributed by atoms with Crippen molar-refractivity contribution in [2.24, 2.45) is 17.8 Å². The van der Waals surface area contributed by atoms with Crippen LogP contribution in [0.15, 0.2) is 24.3 Å². The van der Waals surface area contributed by atoms with Crippen LogP contribution in [0.2, 0.25) is 0 Å². The van der Waals surface area contributed by atoms with E-state index < -0.39 is 0 Å². The molecule has 0 aliphatic heterocycles. The van der Waals surface area contributed by atoms with E-state index in [1.807, 2.05) is 0 Å². The third-order valence-corrected chi connectivity index (χ3v) is 5.55. The molecule has 1 aromatic carbocycles. The van der Waals surface area contributed by atoms with Crippen LogP contribution in [0, 0.1) is 24.7 Å². The maximum Gasteiger partial charge on any atom is -0.0279 e. The van der Waals surface area contributed by atoms with Crippen molar-refractivity contribution in [1.29, 1.82) is 0 Å². The van der Waals surface area contributed by atoms with Crippen molar-refractivity contribution in [2.45, 2.75) is 78.6 Å². The molecule has 1 aromatic rings. The Kier molecular flexibility index (Phi) is 6.80. The lowest BCUT2D eigenvalue weighted by Gasteiger charge is -2.33. The fraction of sp³-hybridized carbons (Fsp3) is 0.714. The summed E-state index contributed by atoms with van der Waals surface area (Å²) in [6.07, 6.45) is 12.8. The molecule has 2 rings (SSSR count). The lowest BCUT2D eigenvalue weighted by Crippen LogP contribution is -2.21. The second kappa shape index (κ2) is 8.61. The number of rotatable bonds is 7. The van der Waals surface area contributed by atoms with Crippen LogP contribution in [-0.4, -0.2) is 0 Å². The molecule has 0 heteroatoms. The van der Waals surface area contributed by atoms with E-state index >= 15 is 0 Å².